The predicted molar refractivity (Wildman–Crippen MR) is 108 cm³/mol. The second kappa shape index (κ2) is 9.28. The third kappa shape index (κ3) is 4.41. The van der Waals surface area contributed by atoms with Gasteiger partial charge in [-0.3, -0.25) is 4.90 Å². The van der Waals surface area contributed by atoms with Crippen molar-refractivity contribution in [3.05, 3.63) is 16.3 Å². The Morgan fingerprint density at radius 3 is 2.82 bits per heavy atom. The maximum Gasteiger partial charge on any atom is 0.348 e. The van der Waals surface area contributed by atoms with Crippen molar-refractivity contribution in [1.29, 1.82) is 5.26 Å². The van der Waals surface area contributed by atoms with E-state index in [0.717, 1.165) is 34.7 Å². The van der Waals surface area contributed by atoms with Gasteiger partial charge in [0.25, 0.3) is 0 Å². The highest BCUT2D eigenvalue weighted by atomic mass is 32.1. The molecule has 1 aliphatic heterocycles. The molecule has 0 aromatic carbocycles. The number of carbonyl (C=O) groups excluding carboxylic acids is 1. The van der Waals surface area contributed by atoms with Crippen LogP contribution in [0.15, 0.2) is 0 Å². The lowest BCUT2D eigenvalue weighted by Crippen LogP contribution is -2.36. The van der Waals surface area contributed by atoms with Crippen molar-refractivity contribution < 1.29 is 14.3 Å². The predicted octanol–water partition coefficient (Wildman–Crippen LogP) is 2.36. The minimum Gasteiger partial charge on any atom is -0.462 e. The highest BCUT2D eigenvalue weighted by Gasteiger charge is 2.23. The van der Waals surface area contributed by atoms with E-state index in [1.54, 1.807) is 6.92 Å². The van der Waals surface area contributed by atoms with Gasteiger partial charge in [0.1, 0.15) is 21.3 Å². The zero-order chi connectivity index (χ0) is 20.1. The van der Waals surface area contributed by atoms with E-state index in [1.807, 2.05) is 18.9 Å². The van der Waals surface area contributed by atoms with Gasteiger partial charge in [-0.25, -0.2) is 14.8 Å². The molecule has 0 N–H and O–H groups in total. The molecule has 2 aromatic heterocycles. The maximum absolute atomic E-state index is 12.4. The van der Waals surface area contributed by atoms with Crippen LogP contribution >= 0.6 is 11.3 Å². The van der Waals surface area contributed by atoms with Crippen molar-refractivity contribution >= 4 is 33.3 Å². The fourth-order valence-electron chi connectivity index (χ4n) is 3.18. The molecule has 0 aliphatic carbocycles. The van der Waals surface area contributed by atoms with Crippen LogP contribution in [-0.4, -0.2) is 67.3 Å². The van der Waals surface area contributed by atoms with Crippen LogP contribution in [0.3, 0.4) is 0 Å². The van der Waals surface area contributed by atoms with Gasteiger partial charge in [0, 0.05) is 26.7 Å². The molecule has 9 heteroatoms. The van der Waals surface area contributed by atoms with Gasteiger partial charge in [-0.2, -0.15) is 5.26 Å². The fraction of sp³-hybridized carbons (Fsp3) is 0.579. The summed E-state index contributed by atoms with van der Waals surface area (Å²) in [5, 5.41) is 9.81. The Kier molecular flexibility index (Phi) is 6.78. The van der Waals surface area contributed by atoms with Gasteiger partial charge in [0.15, 0.2) is 0 Å². The summed E-state index contributed by atoms with van der Waals surface area (Å²) in [4.78, 5) is 27.5. The standard InChI is InChI=1S/C19H25N5O3S/c1-4-27-19(25)16-13(2)15-17(23(3)7-5-6-20)21-14(22-18(15)28-16)12-24-8-10-26-11-9-24/h4-5,7-12H2,1-3H3. The molecule has 3 heterocycles. The van der Waals surface area contributed by atoms with E-state index in [2.05, 4.69) is 11.0 Å². The summed E-state index contributed by atoms with van der Waals surface area (Å²) in [5.74, 6) is 1.14. The topological polar surface area (TPSA) is 91.6 Å². The first kappa shape index (κ1) is 20.5. The molecule has 150 valence electrons. The maximum atomic E-state index is 12.4. The first-order valence-corrected chi connectivity index (χ1v) is 10.2. The number of anilines is 1. The minimum absolute atomic E-state index is 0.329. The third-order valence-corrected chi connectivity index (χ3v) is 5.83. The van der Waals surface area contributed by atoms with E-state index in [1.165, 1.54) is 11.3 Å². The van der Waals surface area contributed by atoms with Gasteiger partial charge in [0.05, 0.1) is 44.2 Å². The largest absolute Gasteiger partial charge is 0.462 e. The number of esters is 1. The fourth-order valence-corrected chi connectivity index (χ4v) is 4.27. The zero-order valence-electron chi connectivity index (χ0n) is 16.5. The SMILES string of the molecule is CCOC(=O)c1sc2nc(CN3CCOCC3)nc(N(C)CCC#N)c2c1C. The number of nitrogens with zero attached hydrogens (tertiary/aromatic N) is 5. The third-order valence-electron chi connectivity index (χ3n) is 4.67. The van der Waals surface area contributed by atoms with E-state index < -0.39 is 0 Å². The van der Waals surface area contributed by atoms with Crippen molar-refractivity contribution in [2.45, 2.75) is 26.8 Å². The van der Waals surface area contributed by atoms with Gasteiger partial charge in [-0.05, 0) is 19.4 Å². The van der Waals surface area contributed by atoms with E-state index >= 15 is 0 Å². The summed E-state index contributed by atoms with van der Waals surface area (Å²) >= 11 is 1.34. The number of aryl methyl sites for hydroxylation is 1. The molecular formula is C19H25N5O3S. The van der Waals surface area contributed by atoms with Crippen molar-refractivity contribution in [2.75, 3.05) is 51.4 Å². The molecule has 3 rings (SSSR count). The van der Waals surface area contributed by atoms with Crippen molar-refractivity contribution in [2.24, 2.45) is 0 Å². The van der Waals surface area contributed by atoms with E-state index in [0.29, 0.717) is 50.0 Å². The number of aromatic nitrogens is 2. The summed E-state index contributed by atoms with van der Waals surface area (Å²) in [6.45, 7) is 8.32. The van der Waals surface area contributed by atoms with Gasteiger partial charge in [-0.1, -0.05) is 0 Å². The Morgan fingerprint density at radius 1 is 1.39 bits per heavy atom. The first-order chi connectivity index (χ1) is 13.5. The van der Waals surface area contributed by atoms with Crippen molar-refractivity contribution in [1.82, 2.24) is 14.9 Å². The van der Waals surface area contributed by atoms with E-state index in [4.69, 9.17) is 24.7 Å². The number of carbonyl (C=O) groups is 1. The number of ether oxygens (including phenoxy) is 2. The molecule has 1 fully saturated rings. The number of thiophene rings is 1. The van der Waals surface area contributed by atoms with Crippen molar-refractivity contribution in [3.8, 4) is 6.07 Å². The number of hydrogen-bond acceptors (Lipinski definition) is 9. The van der Waals surface area contributed by atoms with Crippen LogP contribution in [0.4, 0.5) is 5.82 Å². The molecule has 0 saturated carbocycles. The molecule has 8 nitrogen and oxygen atoms in total. The molecule has 0 bridgehead atoms. The number of hydrogen-bond donors (Lipinski definition) is 0. The van der Waals surface area contributed by atoms with Gasteiger partial charge >= 0.3 is 5.97 Å². The van der Waals surface area contributed by atoms with Crippen molar-refractivity contribution in [3.63, 3.8) is 0 Å². The summed E-state index contributed by atoms with van der Waals surface area (Å²) < 4.78 is 10.6. The molecule has 1 aliphatic rings. The van der Waals surface area contributed by atoms with Crippen LogP contribution in [0.5, 0.6) is 0 Å². The molecule has 0 unspecified atom stereocenters. The highest BCUT2D eigenvalue weighted by molar-refractivity contribution is 7.20. The average Bonchev–Trinajstić information content (AvgIpc) is 3.03. The zero-order valence-corrected chi connectivity index (χ0v) is 17.3. The molecule has 1 saturated heterocycles. The normalized spacial score (nSPS) is 14.8. The Morgan fingerprint density at radius 2 is 2.14 bits per heavy atom. The summed E-state index contributed by atoms with van der Waals surface area (Å²) in [5.41, 5.74) is 0.829. The summed E-state index contributed by atoms with van der Waals surface area (Å²) in [6, 6.07) is 2.17. The van der Waals surface area contributed by atoms with Gasteiger partial charge < -0.3 is 14.4 Å². The molecule has 0 atom stereocenters. The van der Waals surface area contributed by atoms with Crippen LogP contribution in [0.1, 0.15) is 34.4 Å². The molecule has 0 radical (unpaired) electrons. The number of nitriles is 1. The van der Waals surface area contributed by atoms with Crippen LogP contribution < -0.4 is 4.90 Å². The Hall–Kier alpha value is -2.28. The summed E-state index contributed by atoms with van der Waals surface area (Å²) in [6.07, 6.45) is 0.398. The molecular weight excluding hydrogens is 378 g/mol. The molecule has 2 aromatic rings. The summed E-state index contributed by atoms with van der Waals surface area (Å²) in [7, 11) is 1.92. The molecule has 0 spiro atoms. The number of morpholine rings is 1. The van der Waals surface area contributed by atoms with Gasteiger partial charge in [0.2, 0.25) is 0 Å². The smallest absolute Gasteiger partial charge is 0.348 e. The average molecular weight is 404 g/mol. The number of rotatable bonds is 7. The highest BCUT2D eigenvalue weighted by Crippen LogP contribution is 2.35. The lowest BCUT2D eigenvalue weighted by atomic mass is 10.2. The Labute approximate surface area is 168 Å². The Bertz CT molecular complexity index is 886. The molecule has 28 heavy (non-hydrogen) atoms. The van der Waals surface area contributed by atoms with Crippen LogP contribution in [0, 0.1) is 18.3 Å². The van der Waals surface area contributed by atoms with Gasteiger partial charge in [-0.15, -0.1) is 11.3 Å². The van der Waals surface area contributed by atoms with Crippen LogP contribution in [0.25, 0.3) is 10.2 Å². The lowest BCUT2D eigenvalue weighted by Gasteiger charge is -2.26. The first-order valence-electron chi connectivity index (χ1n) is 9.40. The van der Waals surface area contributed by atoms with E-state index in [9.17, 15) is 4.79 Å². The molecule has 0 amide bonds. The second-order valence-electron chi connectivity index (χ2n) is 6.64. The lowest BCUT2D eigenvalue weighted by molar-refractivity contribution is 0.0331. The monoisotopic (exact) mass is 403 g/mol. The van der Waals surface area contributed by atoms with Crippen LogP contribution in [0.2, 0.25) is 0 Å². The second-order valence-corrected chi connectivity index (χ2v) is 7.64. The Balaban J connectivity index is 2.03. The minimum atomic E-state index is -0.330. The van der Waals surface area contributed by atoms with Crippen LogP contribution in [-0.2, 0) is 16.0 Å². The number of fused-ring (bicyclic) bond motifs is 1. The quantitative estimate of drug-likeness (QED) is 0.651. The van der Waals surface area contributed by atoms with E-state index in [-0.39, 0.29) is 5.97 Å².